The summed E-state index contributed by atoms with van der Waals surface area (Å²) in [6.07, 6.45) is 7.35. The minimum atomic E-state index is 0.121. The molecule has 3 heterocycles. The molecule has 1 saturated heterocycles. The van der Waals surface area contributed by atoms with Crippen molar-refractivity contribution >= 4 is 11.8 Å². The fraction of sp³-hybridized carbons (Fsp3) is 0.483. The van der Waals surface area contributed by atoms with Crippen molar-refractivity contribution in [3.8, 4) is 5.75 Å². The molecule has 2 atom stereocenters. The molecule has 7 heteroatoms. The first-order chi connectivity index (χ1) is 17.6. The molecule has 0 spiro atoms. The lowest BCUT2D eigenvalue weighted by atomic mass is 9.82. The minimum absolute atomic E-state index is 0.121. The molecule has 2 aliphatic heterocycles. The second-order valence-corrected chi connectivity index (χ2v) is 9.64. The number of piperidine rings is 1. The third-order valence-electron chi connectivity index (χ3n) is 7.27. The summed E-state index contributed by atoms with van der Waals surface area (Å²) in [4.78, 5) is 36.9. The summed E-state index contributed by atoms with van der Waals surface area (Å²) in [6.45, 7) is 8.76. The van der Waals surface area contributed by atoms with E-state index in [4.69, 9.17) is 4.74 Å². The van der Waals surface area contributed by atoms with Gasteiger partial charge in [-0.15, -0.1) is 0 Å². The van der Waals surface area contributed by atoms with Crippen LogP contribution in [-0.4, -0.2) is 70.8 Å². The first kappa shape index (κ1) is 25.9. The van der Waals surface area contributed by atoms with E-state index in [0.717, 1.165) is 36.5 Å². The topological polar surface area (TPSA) is 66.0 Å². The average molecular weight is 491 g/mol. The number of rotatable bonds is 6. The first-order valence-electron chi connectivity index (χ1n) is 13.1. The van der Waals surface area contributed by atoms with Gasteiger partial charge in [-0.2, -0.15) is 0 Å². The maximum absolute atomic E-state index is 13.5. The molecule has 0 N–H and O–H groups in total. The van der Waals surface area contributed by atoms with E-state index in [1.807, 2.05) is 66.1 Å². The van der Waals surface area contributed by atoms with E-state index >= 15 is 0 Å². The predicted octanol–water partition coefficient (Wildman–Crippen LogP) is 3.76. The van der Waals surface area contributed by atoms with Crippen molar-refractivity contribution in [1.29, 1.82) is 0 Å². The van der Waals surface area contributed by atoms with Crippen molar-refractivity contribution in [2.45, 2.75) is 39.8 Å². The van der Waals surface area contributed by atoms with Crippen LogP contribution in [0.1, 0.15) is 37.9 Å². The zero-order valence-corrected chi connectivity index (χ0v) is 21.5. The van der Waals surface area contributed by atoms with E-state index < -0.39 is 0 Å². The molecule has 7 nitrogen and oxygen atoms in total. The molecule has 0 aliphatic carbocycles. The number of carbonyl (C=O) groups excluding carboxylic acids is 2. The zero-order chi connectivity index (χ0) is 25.3. The average Bonchev–Trinajstić information content (AvgIpc) is 2.89. The van der Waals surface area contributed by atoms with E-state index in [-0.39, 0.29) is 23.7 Å². The number of para-hydroxylation sites is 1. The van der Waals surface area contributed by atoms with Gasteiger partial charge in [-0.05, 0) is 50.3 Å². The summed E-state index contributed by atoms with van der Waals surface area (Å²) >= 11 is 0. The lowest BCUT2D eigenvalue weighted by Gasteiger charge is -2.38. The van der Waals surface area contributed by atoms with Crippen LogP contribution in [0.15, 0.2) is 60.8 Å². The van der Waals surface area contributed by atoms with E-state index in [9.17, 15) is 9.59 Å². The van der Waals surface area contributed by atoms with Gasteiger partial charge >= 0.3 is 0 Å². The van der Waals surface area contributed by atoms with Gasteiger partial charge < -0.3 is 14.5 Å². The molecule has 2 aliphatic rings. The number of nitrogens with zero attached hydrogens (tertiary/aromatic N) is 4. The molecular formula is C29H38N4O3. The summed E-state index contributed by atoms with van der Waals surface area (Å²) in [5.74, 6) is 1.51. The van der Waals surface area contributed by atoms with Crippen molar-refractivity contribution in [1.82, 2.24) is 19.7 Å². The third kappa shape index (κ3) is 6.72. The second-order valence-electron chi connectivity index (χ2n) is 9.64. The fourth-order valence-electron chi connectivity index (χ4n) is 5.22. The number of fused-ring (bicyclic) bond motifs is 3. The molecule has 0 saturated carbocycles. The van der Waals surface area contributed by atoms with Gasteiger partial charge in [0, 0.05) is 57.4 Å². The Morgan fingerprint density at radius 1 is 1.11 bits per heavy atom. The molecule has 0 unspecified atom stereocenters. The van der Waals surface area contributed by atoms with Gasteiger partial charge in [0.1, 0.15) is 12.4 Å². The van der Waals surface area contributed by atoms with Gasteiger partial charge in [0.05, 0.1) is 12.2 Å². The highest BCUT2D eigenvalue weighted by atomic mass is 16.5. The van der Waals surface area contributed by atoms with Crippen molar-refractivity contribution in [2.24, 2.45) is 11.8 Å². The minimum Gasteiger partial charge on any atom is -0.489 e. The SMILES string of the molecule is CCN(CC)C(=O)C[C@@H]1CCN2C[C@@H]1/C=C/COc1ccccc1CN(Cc1ccccn1)CC2=O. The van der Waals surface area contributed by atoms with Crippen LogP contribution in [0.25, 0.3) is 0 Å². The van der Waals surface area contributed by atoms with Gasteiger partial charge in [-0.1, -0.05) is 36.4 Å². The molecule has 36 heavy (non-hydrogen) atoms. The summed E-state index contributed by atoms with van der Waals surface area (Å²) in [5, 5.41) is 0. The van der Waals surface area contributed by atoms with E-state index in [2.05, 4.69) is 22.0 Å². The van der Waals surface area contributed by atoms with E-state index in [0.29, 0.717) is 45.8 Å². The summed E-state index contributed by atoms with van der Waals surface area (Å²) in [6, 6.07) is 13.9. The lowest BCUT2D eigenvalue weighted by molar-refractivity contribution is -0.136. The number of aromatic nitrogens is 1. The molecule has 4 rings (SSSR count). The Labute approximate surface area is 214 Å². The quantitative estimate of drug-likeness (QED) is 0.577. The summed E-state index contributed by atoms with van der Waals surface area (Å²) in [5.41, 5.74) is 1.98. The van der Waals surface area contributed by atoms with Crippen molar-refractivity contribution in [3.63, 3.8) is 0 Å². The van der Waals surface area contributed by atoms with Crippen LogP contribution < -0.4 is 4.74 Å². The number of hydrogen-bond donors (Lipinski definition) is 0. The maximum Gasteiger partial charge on any atom is 0.236 e. The molecule has 0 radical (unpaired) electrons. The smallest absolute Gasteiger partial charge is 0.236 e. The molecule has 1 aromatic carbocycles. The Bertz CT molecular complexity index is 1040. The van der Waals surface area contributed by atoms with Gasteiger partial charge in [0.15, 0.2) is 0 Å². The Kier molecular flexibility index (Phi) is 9.11. The lowest BCUT2D eigenvalue weighted by Crippen LogP contribution is -2.48. The van der Waals surface area contributed by atoms with Crippen molar-refractivity contribution in [2.75, 3.05) is 39.3 Å². The van der Waals surface area contributed by atoms with Crippen LogP contribution in [0.2, 0.25) is 0 Å². The number of benzene rings is 1. The normalized spacial score (nSPS) is 21.8. The van der Waals surface area contributed by atoms with Gasteiger partial charge in [0.25, 0.3) is 0 Å². The van der Waals surface area contributed by atoms with E-state index in [1.165, 1.54) is 0 Å². The predicted molar refractivity (Wildman–Crippen MR) is 140 cm³/mol. The summed E-state index contributed by atoms with van der Waals surface area (Å²) in [7, 11) is 0. The van der Waals surface area contributed by atoms with Crippen LogP contribution >= 0.6 is 0 Å². The Balaban J connectivity index is 1.56. The van der Waals surface area contributed by atoms with Crippen molar-refractivity contribution < 1.29 is 14.3 Å². The molecule has 2 aromatic rings. The number of amides is 2. The highest BCUT2D eigenvalue weighted by Crippen LogP contribution is 2.29. The number of ether oxygens (including phenoxy) is 1. The Morgan fingerprint density at radius 3 is 2.69 bits per heavy atom. The summed E-state index contributed by atoms with van der Waals surface area (Å²) < 4.78 is 6.15. The zero-order valence-electron chi connectivity index (χ0n) is 21.5. The molecule has 192 valence electrons. The van der Waals surface area contributed by atoms with Crippen LogP contribution in [-0.2, 0) is 22.7 Å². The second kappa shape index (κ2) is 12.7. The van der Waals surface area contributed by atoms with Gasteiger partial charge in [-0.25, -0.2) is 0 Å². The molecule has 1 aromatic heterocycles. The van der Waals surface area contributed by atoms with Gasteiger partial charge in [0.2, 0.25) is 11.8 Å². The highest BCUT2D eigenvalue weighted by Gasteiger charge is 2.33. The first-order valence-corrected chi connectivity index (χ1v) is 13.1. The number of hydrogen-bond acceptors (Lipinski definition) is 5. The van der Waals surface area contributed by atoms with Crippen LogP contribution in [0.3, 0.4) is 0 Å². The number of carbonyl (C=O) groups is 2. The van der Waals surface area contributed by atoms with Gasteiger partial charge in [-0.3, -0.25) is 19.5 Å². The molecule has 2 amide bonds. The monoisotopic (exact) mass is 490 g/mol. The fourth-order valence-corrected chi connectivity index (χ4v) is 5.22. The van der Waals surface area contributed by atoms with Crippen LogP contribution in [0, 0.1) is 11.8 Å². The maximum atomic E-state index is 13.5. The van der Waals surface area contributed by atoms with Crippen molar-refractivity contribution in [3.05, 3.63) is 72.1 Å². The third-order valence-corrected chi connectivity index (χ3v) is 7.27. The Morgan fingerprint density at radius 2 is 1.92 bits per heavy atom. The highest BCUT2D eigenvalue weighted by molar-refractivity contribution is 5.79. The number of pyridine rings is 1. The van der Waals surface area contributed by atoms with Crippen LogP contribution in [0.5, 0.6) is 5.75 Å². The molecule has 1 fully saturated rings. The van der Waals surface area contributed by atoms with Crippen LogP contribution in [0.4, 0.5) is 0 Å². The molecule has 2 bridgehead atoms. The Hall–Kier alpha value is -3.19. The largest absolute Gasteiger partial charge is 0.489 e. The molecular weight excluding hydrogens is 452 g/mol. The standard InChI is InChI=1S/C29H38N4O3/c1-3-32(4-2)28(34)18-23-14-16-33-20-24(23)11-9-17-36-27-13-6-5-10-25(27)19-31(22-29(33)35)21-26-12-7-8-15-30-26/h5-13,15,23-24H,3-4,14,16-22H2,1-2H3/b11-9+/t23-,24-/m0/s1. The van der Waals surface area contributed by atoms with E-state index in [1.54, 1.807) is 6.20 Å².